The van der Waals surface area contributed by atoms with Crippen molar-refractivity contribution < 1.29 is 22.7 Å². The summed E-state index contributed by atoms with van der Waals surface area (Å²) in [5.41, 5.74) is 0.783. The number of carbonyl (C=O) groups excluding carboxylic acids is 1. The van der Waals surface area contributed by atoms with Gasteiger partial charge in [0.05, 0.1) is 24.2 Å². The zero-order valence-electron chi connectivity index (χ0n) is 16.4. The molecule has 7 nitrogen and oxygen atoms in total. The molecule has 2 heterocycles. The smallest absolute Gasteiger partial charge is 0.285 e. The van der Waals surface area contributed by atoms with E-state index in [4.69, 9.17) is 9.47 Å². The van der Waals surface area contributed by atoms with Gasteiger partial charge in [-0.2, -0.15) is 4.99 Å². The minimum atomic E-state index is -3.11. The number of sulfone groups is 1. The summed E-state index contributed by atoms with van der Waals surface area (Å²) < 4.78 is 35.3. The molecule has 0 spiro atoms. The monoisotopic (exact) mass is 446 g/mol. The third kappa shape index (κ3) is 4.62. The fourth-order valence-corrected chi connectivity index (χ4v) is 7.47. The first-order valence-corrected chi connectivity index (χ1v) is 12.3. The maximum absolute atomic E-state index is 12.4. The molecule has 0 radical (unpaired) electrons. The van der Waals surface area contributed by atoms with Crippen LogP contribution < -0.4 is 14.4 Å². The van der Waals surface area contributed by atoms with E-state index in [9.17, 15) is 13.2 Å². The van der Waals surface area contributed by atoms with Gasteiger partial charge in [-0.05, 0) is 43.3 Å². The number of aliphatic imine (C=N–C) groups is 1. The standard InChI is InChI=1S/C21H22N2O5S2/c1-2-27-17-10-8-15(9-11-17)23-18-13-30(25,26)14-19(18)29-21(23)22-20(24)12-28-16-6-4-3-5-7-16/h3-11,18-19H,2,12-14H2,1H3. The van der Waals surface area contributed by atoms with Crippen LogP contribution in [0.4, 0.5) is 5.69 Å². The van der Waals surface area contributed by atoms with Crippen molar-refractivity contribution in [2.45, 2.75) is 18.2 Å². The molecule has 4 rings (SSSR count). The Hall–Kier alpha value is -2.52. The maximum atomic E-state index is 12.4. The second-order valence-electron chi connectivity index (χ2n) is 6.99. The Balaban J connectivity index is 1.56. The van der Waals surface area contributed by atoms with E-state index in [1.165, 1.54) is 11.8 Å². The number of hydrogen-bond acceptors (Lipinski definition) is 6. The van der Waals surface area contributed by atoms with Crippen molar-refractivity contribution in [1.29, 1.82) is 0 Å². The lowest BCUT2D eigenvalue weighted by atomic mass is 10.2. The highest BCUT2D eigenvalue weighted by molar-refractivity contribution is 8.16. The highest BCUT2D eigenvalue weighted by Crippen LogP contribution is 2.41. The third-order valence-electron chi connectivity index (χ3n) is 4.82. The van der Waals surface area contributed by atoms with Crippen molar-refractivity contribution in [1.82, 2.24) is 0 Å². The molecular formula is C21H22N2O5S2. The Morgan fingerprint density at radius 2 is 1.77 bits per heavy atom. The number of amidine groups is 1. The van der Waals surface area contributed by atoms with Crippen LogP contribution in [-0.4, -0.2) is 55.5 Å². The molecule has 2 aliphatic rings. The molecule has 0 bridgehead atoms. The van der Waals surface area contributed by atoms with Crippen molar-refractivity contribution >= 4 is 38.4 Å². The van der Waals surface area contributed by atoms with Crippen LogP contribution in [0.5, 0.6) is 11.5 Å². The lowest BCUT2D eigenvalue weighted by Gasteiger charge is -2.24. The van der Waals surface area contributed by atoms with Gasteiger partial charge in [0, 0.05) is 10.9 Å². The summed E-state index contributed by atoms with van der Waals surface area (Å²) in [7, 11) is -3.11. The van der Waals surface area contributed by atoms with E-state index in [1.807, 2.05) is 54.3 Å². The summed E-state index contributed by atoms with van der Waals surface area (Å²) in [4.78, 5) is 18.6. The molecular weight excluding hydrogens is 424 g/mol. The topological polar surface area (TPSA) is 85.3 Å². The first-order chi connectivity index (χ1) is 14.4. The van der Waals surface area contributed by atoms with Crippen molar-refractivity contribution in [3.8, 4) is 11.5 Å². The molecule has 1 amide bonds. The first kappa shape index (κ1) is 20.7. The Labute approximate surface area is 180 Å². The summed E-state index contributed by atoms with van der Waals surface area (Å²) in [5, 5.41) is 0.355. The van der Waals surface area contributed by atoms with Gasteiger partial charge in [-0.15, -0.1) is 0 Å². The summed E-state index contributed by atoms with van der Waals surface area (Å²) in [5.74, 6) is 1.04. The van der Waals surface area contributed by atoms with Gasteiger partial charge in [0.25, 0.3) is 5.91 Å². The van der Waals surface area contributed by atoms with Gasteiger partial charge in [-0.3, -0.25) is 4.79 Å². The van der Waals surface area contributed by atoms with Crippen LogP contribution in [0.15, 0.2) is 59.6 Å². The average molecular weight is 447 g/mol. The Bertz CT molecular complexity index is 1040. The summed E-state index contributed by atoms with van der Waals surface area (Å²) in [6, 6.07) is 16.2. The Morgan fingerprint density at radius 3 is 2.47 bits per heavy atom. The van der Waals surface area contributed by atoms with Crippen LogP contribution in [0.1, 0.15) is 6.92 Å². The zero-order valence-corrected chi connectivity index (χ0v) is 18.1. The molecule has 2 fully saturated rings. The van der Waals surface area contributed by atoms with Crippen molar-refractivity contribution in [2.75, 3.05) is 29.6 Å². The van der Waals surface area contributed by atoms with Gasteiger partial charge in [0.1, 0.15) is 11.5 Å². The van der Waals surface area contributed by atoms with Gasteiger partial charge in [-0.1, -0.05) is 30.0 Å². The molecule has 0 aliphatic carbocycles. The molecule has 2 saturated heterocycles. The van der Waals surface area contributed by atoms with E-state index in [-0.39, 0.29) is 29.4 Å². The number of thioether (sulfide) groups is 1. The molecule has 0 saturated carbocycles. The highest BCUT2D eigenvalue weighted by atomic mass is 32.2. The molecule has 9 heteroatoms. The van der Waals surface area contributed by atoms with E-state index < -0.39 is 15.7 Å². The fourth-order valence-electron chi connectivity index (χ4n) is 3.54. The van der Waals surface area contributed by atoms with Crippen molar-refractivity contribution in [3.05, 3.63) is 54.6 Å². The molecule has 2 aliphatic heterocycles. The Kier molecular flexibility index (Phi) is 6.01. The number of para-hydroxylation sites is 1. The van der Waals surface area contributed by atoms with Crippen LogP contribution in [0.3, 0.4) is 0 Å². The molecule has 0 aromatic heterocycles. The van der Waals surface area contributed by atoms with Crippen LogP contribution in [0.25, 0.3) is 0 Å². The average Bonchev–Trinajstić information content (AvgIpc) is 3.19. The first-order valence-electron chi connectivity index (χ1n) is 9.64. The minimum absolute atomic E-state index is 0.0472. The van der Waals surface area contributed by atoms with Gasteiger partial charge in [0.2, 0.25) is 0 Å². The zero-order chi connectivity index (χ0) is 21.1. The predicted octanol–water partition coefficient (Wildman–Crippen LogP) is 2.77. The van der Waals surface area contributed by atoms with Crippen LogP contribution in [0.2, 0.25) is 0 Å². The third-order valence-corrected chi connectivity index (χ3v) is 8.03. The molecule has 2 atom stereocenters. The summed E-state index contributed by atoms with van der Waals surface area (Å²) in [6.45, 7) is 2.29. The van der Waals surface area contributed by atoms with E-state index in [0.717, 1.165) is 11.4 Å². The van der Waals surface area contributed by atoms with E-state index in [1.54, 1.807) is 12.1 Å². The van der Waals surface area contributed by atoms with Crippen molar-refractivity contribution in [3.63, 3.8) is 0 Å². The number of rotatable bonds is 6. The second kappa shape index (κ2) is 8.69. The quantitative estimate of drug-likeness (QED) is 0.674. The maximum Gasteiger partial charge on any atom is 0.285 e. The highest BCUT2D eigenvalue weighted by Gasteiger charge is 2.49. The largest absolute Gasteiger partial charge is 0.494 e. The number of ether oxygens (including phenoxy) is 2. The van der Waals surface area contributed by atoms with E-state index in [0.29, 0.717) is 17.5 Å². The number of anilines is 1. The summed E-state index contributed by atoms with van der Waals surface area (Å²) in [6.07, 6.45) is 0. The summed E-state index contributed by atoms with van der Waals surface area (Å²) >= 11 is 1.34. The predicted molar refractivity (Wildman–Crippen MR) is 118 cm³/mol. The number of nitrogens with zero attached hydrogens (tertiary/aromatic N) is 2. The number of amides is 1. The normalized spacial score (nSPS) is 23.4. The SMILES string of the molecule is CCOc1ccc(N2C(=NC(=O)COc3ccccc3)SC3CS(=O)(=O)CC32)cc1. The molecule has 158 valence electrons. The van der Waals surface area contributed by atoms with Crippen LogP contribution in [-0.2, 0) is 14.6 Å². The molecule has 2 unspecified atom stereocenters. The van der Waals surface area contributed by atoms with Gasteiger partial charge < -0.3 is 14.4 Å². The lowest BCUT2D eigenvalue weighted by Crippen LogP contribution is -2.37. The lowest BCUT2D eigenvalue weighted by molar-refractivity contribution is -0.119. The molecule has 2 aromatic carbocycles. The molecule has 0 N–H and O–H groups in total. The van der Waals surface area contributed by atoms with Gasteiger partial charge in [-0.25, -0.2) is 8.42 Å². The number of hydrogen-bond donors (Lipinski definition) is 0. The second-order valence-corrected chi connectivity index (χ2v) is 10.3. The van der Waals surface area contributed by atoms with Crippen LogP contribution in [0, 0.1) is 0 Å². The van der Waals surface area contributed by atoms with Gasteiger partial charge >= 0.3 is 0 Å². The molecule has 2 aromatic rings. The minimum Gasteiger partial charge on any atom is -0.494 e. The van der Waals surface area contributed by atoms with E-state index in [2.05, 4.69) is 4.99 Å². The van der Waals surface area contributed by atoms with Crippen molar-refractivity contribution in [2.24, 2.45) is 4.99 Å². The number of benzene rings is 2. The molecule has 30 heavy (non-hydrogen) atoms. The number of fused-ring (bicyclic) bond motifs is 1. The fraction of sp³-hybridized carbons (Fsp3) is 0.333. The Morgan fingerprint density at radius 1 is 1.07 bits per heavy atom. The number of carbonyl (C=O) groups is 1. The van der Waals surface area contributed by atoms with Crippen LogP contribution >= 0.6 is 11.8 Å². The van der Waals surface area contributed by atoms with E-state index >= 15 is 0 Å². The van der Waals surface area contributed by atoms with Gasteiger partial charge in [0.15, 0.2) is 21.6 Å².